The average Bonchev–Trinajstić information content (AvgIpc) is 2.91. The lowest BCUT2D eigenvalue weighted by molar-refractivity contribution is 0.494. The summed E-state index contributed by atoms with van der Waals surface area (Å²) in [4.78, 5) is 4.69. The third-order valence-corrected chi connectivity index (χ3v) is 4.31. The van der Waals surface area contributed by atoms with Gasteiger partial charge in [-0.2, -0.15) is 0 Å². The van der Waals surface area contributed by atoms with Crippen molar-refractivity contribution in [1.29, 1.82) is 0 Å². The molecular weight excluding hydrogens is 244 g/mol. The Balaban J connectivity index is 2.13. The van der Waals surface area contributed by atoms with E-state index in [4.69, 9.17) is 16.6 Å². The monoisotopic (exact) mass is 262 g/mol. The summed E-state index contributed by atoms with van der Waals surface area (Å²) in [7, 11) is 0. The normalized spacial score (nSPS) is 23.9. The predicted molar refractivity (Wildman–Crippen MR) is 76.1 cm³/mol. The highest BCUT2D eigenvalue weighted by atomic mass is 35.5. The van der Waals surface area contributed by atoms with Gasteiger partial charge in [-0.15, -0.1) is 11.6 Å². The summed E-state index contributed by atoms with van der Waals surface area (Å²) in [5.74, 6) is 2.34. The minimum atomic E-state index is 0.499. The summed E-state index contributed by atoms with van der Waals surface area (Å²) in [5.41, 5.74) is 3.59. The third-order valence-electron chi connectivity index (χ3n) is 4.07. The highest BCUT2D eigenvalue weighted by molar-refractivity contribution is 6.16. The molecule has 0 saturated heterocycles. The molecule has 0 N–H and O–H groups in total. The fraction of sp³-hybridized carbons (Fsp3) is 0.533. The Hall–Kier alpha value is -1.02. The van der Waals surface area contributed by atoms with E-state index in [1.165, 1.54) is 30.3 Å². The minimum absolute atomic E-state index is 0.499. The molecule has 1 aromatic carbocycles. The Morgan fingerprint density at radius 2 is 2.22 bits per heavy atom. The molecule has 1 saturated carbocycles. The Morgan fingerprint density at radius 1 is 1.39 bits per heavy atom. The number of aryl methyl sites for hydroxylation is 1. The maximum absolute atomic E-state index is 6.07. The van der Waals surface area contributed by atoms with Gasteiger partial charge in [0.25, 0.3) is 0 Å². The first-order valence-corrected chi connectivity index (χ1v) is 7.26. The number of nitrogens with zero attached hydrogens (tertiary/aromatic N) is 2. The van der Waals surface area contributed by atoms with Gasteiger partial charge in [-0.05, 0) is 49.8 Å². The van der Waals surface area contributed by atoms with Crippen molar-refractivity contribution in [3.63, 3.8) is 0 Å². The molecule has 18 heavy (non-hydrogen) atoms. The van der Waals surface area contributed by atoms with Crippen LogP contribution in [0.2, 0.25) is 0 Å². The van der Waals surface area contributed by atoms with Crippen molar-refractivity contribution in [3.05, 3.63) is 29.6 Å². The number of alkyl halides is 1. The van der Waals surface area contributed by atoms with Gasteiger partial charge in [0.15, 0.2) is 0 Å². The standard InChI is InChI=1S/C15H19ClN2/c1-10-3-5-12(7-10)18-14-6-4-11(2)8-13(14)17-15(18)9-16/h4,6,8,10,12H,3,5,7,9H2,1-2H3. The number of rotatable bonds is 2. The molecule has 1 aromatic heterocycles. The molecule has 2 unspecified atom stereocenters. The molecule has 2 atom stereocenters. The molecule has 0 spiro atoms. The summed E-state index contributed by atoms with van der Waals surface area (Å²) in [6, 6.07) is 7.09. The summed E-state index contributed by atoms with van der Waals surface area (Å²) >= 11 is 6.07. The molecule has 0 bridgehead atoms. The zero-order valence-corrected chi connectivity index (χ0v) is 11.7. The van der Waals surface area contributed by atoms with Crippen LogP contribution in [0.25, 0.3) is 11.0 Å². The van der Waals surface area contributed by atoms with Gasteiger partial charge in [-0.1, -0.05) is 13.0 Å². The second-order valence-corrected chi connectivity index (χ2v) is 5.86. The highest BCUT2D eigenvalue weighted by Gasteiger charge is 2.26. The Morgan fingerprint density at radius 3 is 2.89 bits per heavy atom. The van der Waals surface area contributed by atoms with Crippen LogP contribution in [-0.4, -0.2) is 9.55 Å². The fourth-order valence-corrected chi connectivity index (χ4v) is 3.36. The van der Waals surface area contributed by atoms with Crippen molar-refractivity contribution in [2.75, 3.05) is 0 Å². The Kier molecular flexibility index (Phi) is 3.06. The predicted octanol–water partition coefficient (Wildman–Crippen LogP) is 4.44. The van der Waals surface area contributed by atoms with E-state index >= 15 is 0 Å². The first-order valence-electron chi connectivity index (χ1n) is 6.72. The van der Waals surface area contributed by atoms with Crippen molar-refractivity contribution in [3.8, 4) is 0 Å². The number of fused-ring (bicyclic) bond motifs is 1. The molecule has 0 amide bonds. The van der Waals surface area contributed by atoms with E-state index in [1.54, 1.807) is 0 Å². The fourth-order valence-electron chi connectivity index (χ4n) is 3.17. The van der Waals surface area contributed by atoms with Gasteiger partial charge in [0.1, 0.15) is 5.82 Å². The summed E-state index contributed by atoms with van der Waals surface area (Å²) in [6.45, 7) is 4.44. The zero-order chi connectivity index (χ0) is 12.7. The van der Waals surface area contributed by atoms with Crippen molar-refractivity contribution in [2.45, 2.75) is 45.0 Å². The van der Waals surface area contributed by atoms with Crippen LogP contribution in [0.5, 0.6) is 0 Å². The van der Waals surface area contributed by atoms with E-state index in [2.05, 4.69) is 36.6 Å². The van der Waals surface area contributed by atoms with Crippen LogP contribution >= 0.6 is 11.6 Å². The maximum atomic E-state index is 6.07. The Labute approximate surface area is 113 Å². The van der Waals surface area contributed by atoms with E-state index in [0.29, 0.717) is 11.9 Å². The van der Waals surface area contributed by atoms with Gasteiger partial charge < -0.3 is 4.57 Å². The first kappa shape index (κ1) is 12.0. The second-order valence-electron chi connectivity index (χ2n) is 5.60. The second kappa shape index (κ2) is 4.58. The van der Waals surface area contributed by atoms with Crippen LogP contribution < -0.4 is 0 Å². The molecule has 2 nitrogen and oxygen atoms in total. The number of halogens is 1. The third kappa shape index (κ3) is 1.93. The van der Waals surface area contributed by atoms with E-state index in [1.807, 2.05) is 0 Å². The van der Waals surface area contributed by atoms with Gasteiger partial charge in [-0.3, -0.25) is 0 Å². The van der Waals surface area contributed by atoms with E-state index in [0.717, 1.165) is 17.3 Å². The van der Waals surface area contributed by atoms with Crippen LogP contribution in [-0.2, 0) is 5.88 Å². The number of benzene rings is 1. The number of hydrogen-bond acceptors (Lipinski definition) is 1. The van der Waals surface area contributed by atoms with Crippen LogP contribution in [0.3, 0.4) is 0 Å². The SMILES string of the molecule is Cc1ccc2c(c1)nc(CCl)n2C1CCC(C)C1. The van der Waals surface area contributed by atoms with Gasteiger partial charge >= 0.3 is 0 Å². The topological polar surface area (TPSA) is 17.8 Å². The molecule has 2 aromatic rings. The molecular formula is C15H19ClN2. The molecule has 1 aliphatic rings. The largest absolute Gasteiger partial charge is 0.324 e. The quantitative estimate of drug-likeness (QED) is 0.732. The van der Waals surface area contributed by atoms with Crippen molar-refractivity contribution >= 4 is 22.6 Å². The van der Waals surface area contributed by atoms with Gasteiger partial charge in [0.2, 0.25) is 0 Å². The maximum Gasteiger partial charge on any atom is 0.125 e. The lowest BCUT2D eigenvalue weighted by Crippen LogP contribution is -2.08. The molecule has 1 fully saturated rings. The minimum Gasteiger partial charge on any atom is -0.324 e. The van der Waals surface area contributed by atoms with E-state index in [9.17, 15) is 0 Å². The van der Waals surface area contributed by atoms with Crippen LogP contribution in [0.1, 0.15) is 43.6 Å². The van der Waals surface area contributed by atoms with Crippen LogP contribution in [0, 0.1) is 12.8 Å². The molecule has 0 aliphatic heterocycles. The van der Waals surface area contributed by atoms with Gasteiger partial charge in [0.05, 0.1) is 16.9 Å². The molecule has 0 radical (unpaired) electrons. The van der Waals surface area contributed by atoms with E-state index in [-0.39, 0.29) is 0 Å². The molecule has 3 heteroatoms. The highest BCUT2D eigenvalue weighted by Crippen LogP contribution is 2.37. The summed E-state index contributed by atoms with van der Waals surface area (Å²) in [6.07, 6.45) is 3.82. The molecule has 1 aliphatic carbocycles. The zero-order valence-electron chi connectivity index (χ0n) is 11.0. The summed E-state index contributed by atoms with van der Waals surface area (Å²) in [5, 5.41) is 0. The van der Waals surface area contributed by atoms with Crippen molar-refractivity contribution in [1.82, 2.24) is 9.55 Å². The number of aromatic nitrogens is 2. The lowest BCUT2D eigenvalue weighted by Gasteiger charge is -2.16. The smallest absolute Gasteiger partial charge is 0.125 e. The summed E-state index contributed by atoms with van der Waals surface area (Å²) < 4.78 is 2.38. The van der Waals surface area contributed by atoms with Gasteiger partial charge in [-0.25, -0.2) is 4.98 Å². The van der Waals surface area contributed by atoms with Crippen molar-refractivity contribution < 1.29 is 0 Å². The van der Waals surface area contributed by atoms with Crippen molar-refractivity contribution in [2.24, 2.45) is 5.92 Å². The van der Waals surface area contributed by atoms with E-state index < -0.39 is 0 Å². The van der Waals surface area contributed by atoms with Gasteiger partial charge in [0, 0.05) is 6.04 Å². The van der Waals surface area contributed by atoms with Crippen LogP contribution in [0.15, 0.2) is 18.2 Å². The molecule has 3 rings (SSSR count). The average molecular weight is 263 g/mol. The molecule has 96 valence electrons. The lowest BCUT2D eigenvalue weighted by atomic mass is 10.1. The first-order chi connectivity index (χ1) is 8.69. The molecule has 1 heterocycles. The van der Waals surface area contributed by atoms with Crippen LogP contribution in [0.4, 0.5) is 0 Å². The Bertz CT molecular complexity index is 573. The number of hydrogen-bond donors (Lipinski definition) is 0. The number of imidazole rings is 1.